The number of aromatic nitrogens is 1. The first-order valence-electron chi connectivity index (χ1n) is 7.88. The Morgan fingerprint density at radius 2 is 1.88 bits per heavy atom. The standard InChI is InChI=1S/C17H20N4O3/c1-12-6-7-14(24-12)17(23)21-10-8-20(9-11-21)15-5-3-4-13(19-15)16(22)18-2/h3-7H,8-11H2,1-2H3,(H,18,22). The zero-order valence-electron chi connectivity index (χ0n) is 13.8. The molecule has 24 heavy (non-hydrogen) atoms. The van der Waals surface area contributed by atoms with Crippen LogP contribution in [-0.2, 0) is 0 Å². The summed E-state index contributed by atoms with van der Waals surface area (Å²) in [5.74, 6) is 1.55. The average molecular weight is 328 g/mol. The van der Waals surface area contributed by atoms with E-state index in [9.17, 15) is 9.59 Å². The van der Waals surface area contributed by atoms with Crippen LogP contribution >= 0.6 is 0 Å². The molecule has 126 valence electrons. The Kier molecular flexibility index (Phi) is 4.50. The van der Waals surface area contributed by atoms with Gasteiger partial charge in [0.15, 0.2) is 5.76 Å². The summed E-state index contributed by atoms with van der Waals surface area (Å²) in [6.45, 7) is 4.32. The van der Waals surface area contributed by atoms with E-state index in [2.05, 4.69) is 15.2 Å². The minimum atomic E-state index is -0.209. The van der Waals surface area contributed by atoms with Crippen molar-refractivity contribution in [3.8, 4) is 0 Å². The first kappa shape index (κ1) is 16.0. The molecule has 1 N–H and O–H groups in total. The lowest BCUT2D eigenvalue weighted by Gasteiger charge is -2.35. The van der Waals surface area contributed by atoms with E-state index in [0.717, 1.165) is 11.6 Å². The molecule has 3 heterocycles. The summed E-state index contributed by atoms with van der Waals surface area (Å²) in [6, 6.07) is 8.87. The summed E-state index contributed by atoms with van der Waals surface area (Å²) in [5, 5.41) is 2.57. The second-order valence-corrected chi connectivity index (χ2v) is 5.65. The van der Waals surface area contributed by atoms with Crippen molar-refractivity contribution < 1.29 is 14.0 Å². The molecule has 1 aliphatic heterocycles. The van der Waals surface area contributed by atoms with Crippen molar-refractivity contribution in [1.82, 2.24) is 15.2 Å². The molecular weight excluding hydrogens is 308 g/mol. The van der Waals surface area contributed by atoms with Gasteiger partial charge in [0.2, 0.25) is 0 Å². The van der Waals surface area contributed by atoms with Gasteiger partial charge in [0, 0.05) is 33.2 Å². The van der Waals surface area contributed by atoms with Crippen LogP contribution in [0.3, 0.4) is 0 Å². The number of amides is 2. The Hall–Kier alpha value is -2.83. The molecule has 0 aromatic carbocycles. The van der Waals surface area contributed by atoms with Crippen molar-refractivity contribution >= 4 is 17.6 Å². The molecule has 0 spiro atoms. The highest BCUT2D eigenvalue weighted by molar-refractivity contribution is 5.92. The van der Waals surface area contributed by atoms with Gasteiger partial charge in [0.25, 0.3) is 11.8 Å². The van der Waals surface area contributed by atoms with E-state index >= 15 is 0 Å². The molecule has 2 aromatic heterocycles. The minimum Gasteiger partial charge on any atom is -0.456 e. The van der Waals surface area contributed by atoms with Gasteiger partial charge in [-0.15, -0.1) is 0 Å². The molecule has 2 amide bonds. The minimum absolute atomic E-state index is 0.0881. The van der Waals surface area contributed by atoms with Gasteiger partial charge in [-0.25, -0.2) is 4.98 Å². The number of hydrogen-bond donors (Lipinski definition) is 1. The van der Waals surface area contributed by atoms with E-state index in [1.165, 1.54) is 0 Å². The zero-order valence-corrected chi connectivity index (χ0v) is 13.8. The van der Waals surface area contributed by atoms with E-state index in [1.807, 2.05) is 19.1 Å². The van der Waals surface area contributed by atoms with Crippen LogP contribution in [0.1, 0.15) is 26.8 Å². The lowest BCUT2D eigenvalue weighted by Crippen LogP contribution is -2.49. The zero-order chi connectivity index (χ0) is 17.1. The van der Waals surface area contributed by atoms with Gasteiger partial charge in [-0.05, 0) is 31.2 Å². The Balaban J connectivity index is 1.65. The van der Waals surface area contributed by atoms with Crippen LogP contribution in [0, 0.1) is 6.92 Å². The molecule has 0 atom stereocenters. The third kappa shape index (κ3) is 3.24. The first-order chi connectivity index (χ1) is 11.6. The van der Waals surface area contributed by atoms with Crippen LogP contribution in [0.25, 0.3) is 0 Å². The number of carbonyl (C=O) groups is 2. The van der Waals surface area contributed by atoms with Crippen molar-refractivity contribution in [2.45, 2.75) is 6.92 Å². The molecular formula is C17H20N4O3. The topological polar surface area (TPSA) is 78.7 Å². The molecule has 0 unspecified atom stereocenters. The molecule has 2 aromatic rings. The summed E-state index contributed by atoms with van der Waals surface area (Å²) in [4.78, 5) is 32.3. The van der Waals surface area contributed by atoms with E-state index in [1.54, 1.807) is 30.1 Å². The Labute approximate surface area is 140 Å². The average Bonchev–Trinajstić information content (AvgIpc) is 3.07. The van der Waals surface area contributed by atoms with E-state index < -0.39 is 0 Å². The molecule has 0 radical (unpaired) electrons. The van der Waals surface area contributed by atoms with Gasteiger partial charge in [-0.2, -0.15) is 0 Å². The fraction of sp³-hybridized carbons (Fsp3) is 0.353. The quantitative estimate of drug-likeness (QED) is 0.919. The van der Waals surface area contributed by atoms with E-state index in [-0.39, 0.29) is 11.8 Å². The molecule has 0 aliphatic carbocycles. The maximum Gasteiger partial charge on any atom is 0.289 e. The molecule has 0 bridgehead atoms. The number of piperazine rings is 1. The highest BCUT2D eigenvalue weighted by Gasteiger charge is 2.24. The van der Waals surface area contributed by atoms with Gasteiger partial charge < -0.3 is 19.5 Å². The van der Waals surface area contributed by atoms with Crippen molar-refractivity contribution in [2.75, 3.05) is 38.1 Å². The monoisotopic (exact) mass is 328 g/mol. The summed E-state index contributed by atoms with van der Waals surface area (Å²) < 4.78 is 5.40. The summed E-state index contributed by atoms with van der Waals surface area (Å²) in [7, 11) is 1.58. The SMILES string of the molecule is CNC(=O)c1cccc(N2CCN(C(=O)c3ccc(C)o3)CC2)n1. The fourth-order valence-electron chi connectivity index (χ4n) is 2.70. The normalized spacial score (nSPS) is 14.6. The molecule has 1 saturated heterocycles. The van der Waals surface area contributed by atoms with Gasteiger partial charge in [0.1, 0.15) is 17.3 Å². The van der Waals surface area contributed by atoms with Crippen molar-refractivity contribution in [1.29, 1.82) is 0 Å². The molecule has 7 nitrogen and oxygen atoms in total. The first-order valence-corrected chi connectivity index (χ1v) is 7.88. The number of hydrogen-bond acceptors (Lipinski definition) is 5. The summed E-state index contributed by atoms with van der Waals surface area (Å²) in [6.07, 6.45) is 0. The van der Waals surface area contributed by atoms with Gasteiger partial charge in [0.05, 0.1) is 0 Å². The van der Waals surface area contributed by atoms with Crippen LogP contribution in [0.5, 0.6) is 0 Å². The number of nitrogens with zero attached hydrogens (tertiary/aromatic N) is 3. The van der Waals surface area contributed by atoms with E-state index in [0.29, 0.717) is 37.6 Å². The lowest BCUT2D eigenvalue weighted by atomic mass is 10.2. The summed E-state index contributed by atoms with van der Waals surface area (Å²) >= 11 is 0. The molecule has 0 saturated carbocycles. The predicted molar refractivity (Wildman–Crippen MR) is 89.2 cm³/mol. The predicted octanol–water partition coefficient (Wildman–Crippen LogP) is 1.31. The van der Waals surface area contributed by atoms with Gasteiger partial charge >= 0.3 is 0 Å². The largest absolute Gasteiger partial charge is 0.456 e. The van der Waals surface area contributed by atoms with Crippen LogP contribution in [0.15, 0.2) is 34.7 Å². The number of furan rings is 1. The third-order valence-electron chi connectivity index (χ3n) is 4.04. The highest BCUT2D eigenvalue weighted by atomic mass is 16.3. The van der Waals surface area contributed by atoms with Crippen LogP contribution in [-0.4, -0.2) is 54.9 Å². The number of aryl methyl sites for hydroxylation is 1. The van der Waals surface area contributed by atoms with Gasteiger partial charge in [-0.3, -0.25) is 9.59 Å². The van der Waals surface area contributed by atoms with Crippen molar-refractivity contribution in [2.24, 2.45) is 0 Å². The number of rotatable bonds is 3. The molecule has 1 aliphatic rings. The van der Waals surface area contributed by atoms with Crippen molar-refractivity contribution in [3.63, 3.8) is 0 Å². The van der Waals surface area contributed by atoms with Crippen LogP contribution in [0.2, 0.25) is 0 Å². The van der Waals surface area contributed by atoms with Crippen LogP contribution in [0.4, 0.5) is 5.82 Å². The highest BCUT2D eigenvalue weighted by Crippen LogP contribution is 2.16. The Bertz CT molecular complexity index is 748. The third-order valence-corrected chi connectivity index (χ3v) is 4.04. The molecule has 3 rings (SSSR count). The van der Waals surface area contributed by atoms with Crippen molar-refractivity contribution in [3.05, 3.63) is 47.5 Å². The lowest BCUT2D eigenvalue weighted by molar-refractivity contribution is 0.0713. The van der Waals surface area contributed by atoms with Crippen LogP contribution < -0.4 is 10.2 Å². The second kappa shape index (κ2) is 6.74. The number of carbonyl (C=O) groups excluding carboxylic acids is 2. The van der Waals surface area contributed by atoms with E-state index in [4.69, 9.17) is 4.42 Å². The number of nitrogens with one attached hydrogen (secondary N) is 1. The summed E-state index contributed by atoms with van der Waals surface area (Å²) in [5.41, 5.74) is 0.388. The second-order valence-electron chi connectivity index (χ2n) is 5.65. The maximum atomic E-state index is 12.4. The number of anilines is 1. The smallest absolute Gasteiger partial charge is 0.289 e. The fourth-order valence-corrected chi connectivity index (χ4v) is 2.70. The number of pyridine rings is 1. The molecule has 1 fully saturated rings. The Morgan fingerprint density at radius 3 is 2.50 bits per heavy atom. The molecule has 7 heteroatoms. The Morgan fingerprint density at radius 1 is 1.12 bits per heavy atom. The maximum absolute atomic E-state index is 12.4. The van der Waals surface area contributed by atoms with Gasteiger partial charge in [-0.1, -0.05) is 6.07 Å².